The molecule has 0 bridgehead atoms. The molecule has 0 atom stereocenters. The van der Waals surface area contributed by atoms with Crippen LogP contribution in [0.2, 0.25) is 0 Å². The van der Waals surface area contributed by atoms with E-state index in [1.54, 1.807) is 50.0 Å². The van der Waals surface area contributed by atoms with E-state index in [2.05, 4.69) is 4.98 Å². The van der Waals surface area contributed by atoms with E-state index in [0.717, 1.165) is 5.75 Å². The number of ether oxygens (including phenoxy) is 2. The molecule has 0 fully saturated rings. The predicted molar refractivity (Wildman–Crippen MR) is 94.8 cm³/mol. The number of carbonyl (C=O) groups excluding carboxylic acids is 1. The van der Waals surface area contributed by atoms with Crippen LogP contribution >= 0.6 is 11.3 Å². The topological polar surface area (TPSA) is 73.1 Å². The minimum atomic E-state index is -0.378. The second-order valence-corrected chi connectivity index (χ2v) is 6.16. The van der Waals surface area contributed by atoms with Crippen molar-refractivity contribution in [1.82, 2.24) is 14.3 Å². The van der Waals surface area contributed by atoms with E-state index in [1.165, 1.54) is 26.8 Å². The molecule has 25 heavy (non-hydrogen) atoms. The molecule has 0 aliphatic rings. The van der Waals surface area contributed by atoms with Crippen molar-refractivity contribution >= 4 is 22.2 Å². The molecule has 0 spiro atoms. The van der Waals surface area contributed by atoms with Gasteiger partial charge in [-0.1, -0.05) is 0 Å². The molecule has 0 unspecified atom stereocenters. The second kappa shape index (κ2) is 7.35. The maximum Gasteiger partial charge on any atom is 0.271 e. The van der Waals surface area contributed by atoms with Crippen LogP contribution in [0.1, 0.15) is 10.4 Å². The average molecular weight is 359 g/mol. The highest BCUT2D eigenvalue weighted by Crippen LogP contribution is 2.16. The third-order valence-electron chi connectivity index (χ3n) is 3.67. The summed E-state index contributed by atoms with van der Waals surface area (Å²) in [6.07, 6.45) is 2.94. The number of hydrogen-bond acceptors (Lipinski definition) is 6. The molecular weight excluding hydrogens is 342 g/mol. The van der Waals surface area contributed by atoms with Gasteiger partial charge in [-0.15, -0.1) is 11.3 Å². The number of benzene rings is 1. The number of likely N-dealkylation sites (N-methyl/N-ethyl adjacent to an activating group) is 1. The van der Waals surface area contributed by atoms with Crippen LogP contribution in [0.3, 0.4) is 0 Å². The zero-order valence-electron chi connectivity index (χ0n) is 13.8. The number of methoxy groups -OCH3 is 1. The normalized spacial score (nSPS) is 10.6. The van der Waals surface area contributed by atoms with Gasteiger partial charge in [-0.2, -0.15) is 0 Å². The molecule has 7 nitrogen and oxygen atoms in total. The van der Waals surface area contributed by atoms with Gasteiger partial charge in [0.2, 0.25) is 0 Å². The summed E-state index contributed by atoms with van der Waals surface area (Å²) in [7, 11) is 3.23. The lowest BCUT2D eigenvalue weighted by Crippen LogP contribution is -2.35. The van der Waals surface area contributed by atoms with Crippen molar-refractivity contribution < 1.29 is 14.3 Å². The molecule has 1 aromatic carbocycles. The Labute approximate surface area is 148 Å². The number of carbonyl (C=O) groups is 1. The summed E-state index contributed by atoms with van der Waals surface area (Å²) in [6.45, 7) is 0.653. The van der Waals surface area contributed by atoms with Gasteiger partial charge in [0.1, 0.15) is 23.7 Å². The van der Waals surface area contributed by atoms with Gasteiger partial charge < -0.3 is 14.4 Å². The molecule has 0 aliphatic heterocycles. The fourth-order valence-corrected chi connectivity index (χ4v) is 2.93. The van der Waals surface area contributed by atoms with Crippen molar-refractivity contribution in [1.29, 1.82) is 0 Å². The first-order valence-corrected chi connectivity index (χ1v) is 8.45. The number of amides is 1. The van der Waals surface area contributed by atoms with E-state index < -0.39 is 0 Å². The highest BCUT2D eigenvalue weighted by Gasteiger charge is 2.17. The molecule has 3 aromatic rings. The summed E-state index contributed by atoms with van der Waals surface area (Å²) in [5.74, 6) is 1.05. The molecule has 0 aliphatic carbocycles. The zero-order valence-corrected chi connectivity index (χ0v) is 14.7. The summed E-state index contributed by atoms with van der Waals surface area (Å²) in [6, 6.07) is 7.18. The van der Waals surface area contributed by atoms with E-state index in [4.69, 9.17) is 9.47 Å². The second-order valence-electron chi connectivity index (χ2n) is 5.28. The fraction of sp³-hybridized carbons (Fsp3) is 0.235. The highest BCUT2D eigenvalue weighted by atomic mass is 32.1. The summed E-state index contributed by atoms with van der Waals surface area (Å²) >= 11 is 1.34. The molecular formula is C17H17N3O4S. The average Bonchev–Trinajstić information content (AvgIpc) is 3.11. The monoisotopic (exact) mass is 359 g/mol. The number of thiazole rings is 1. The van der Waals surface area contributed by atoms with Gasteiger partial charge in [-0.05, 0) is 24.3 Å². The van der Waals surface area contributed by atoms with Crippen LogP contribution in [-0.2, 0) is 0 Å². The molecule has 0 saturated carbocycles. The summed E-state index contributed by atoms with van der Waals surface area (Å²) in [5.41, 5.74) is -0.318. The molecule has 8 heteroatoms. The standard InChI is InChI=1S/C17H17N3O4S/c1-19(7-9-24-13-5-3-12(23-2)4-6-13)15(21)14-11-18-17-20(16(14)22)8-10-25-17/h3-6,8,10-11H,7,9H2,1-2H3. The van der Waals surface area contributed by atoms with Gasteiger partial charge in [0, 0.05) is 24.8 Å². The number of hydrogen-bond donors (Lipinski definition) is 0. The fourth-order valence-electron chi connectivity index (χ4n) is 2.25. The third-order valence-corrected chi connectivity index (χ3v) is 4.45. The Morgan fingerprint density at radius 3 is 2.72 bits per heavy atom. The lowest BCUT2D eigenvalue weighted by molar-refractivity contribution is 0.0771. The van der Waals surface area contributed by atoms with Crippen LogP contribution in [0.5, 0.6) is 11.5 Å². The molecule has 130 valence electrons. The van der Waals surface area contributed by atoms with Crippen molar-refractivity contribution in [2.24, 2.45) is 0 Å². The first kappa shape index (κ1) is 17.0. The van der Waals surface area contributed by atoms with Gasteiger partial charge >= 0.3 is 0 Å². The zero-order chi connectivity index (χ0) is 17.8. The van der Waals surface area contributed by atoms with Crippen LogP contribution in [0.4, 0.5) is 0 Å². The number of aromatic nitrogens is 2. The third kappa shape index (κ3) is 3.63. The van der Waals surface area contributed by atoms with E-state index >= 15 is 0 Å². The first-order valence-electron chi connectivity index (χ1n) is 7.57. The lowest BCUT2D eigenvalue weighted by atomic mass is 10.3. The summed E-state index contributed by atoms with van der Waals surface area (Å²) < 4.78 is 12.1. The lowest BCUT2D eigenvalue weighted by Gasteiger charge is -2.17. The Bertz CT molecular complexity index is 933. The number of rotatable bonds is 6. The van der Waals surface area contributed by atoms with Crippen molar-refractivity contribution in [2.75, 3.05) is 27.3 Å². The Balaban J connectivity index is 1.61. The largest absolute Gasteiger partial charge is 0.497 e. The molecule has 1 amide bonds. The van der Waals surface area contributed by atoms with E-state index in [0.29, 0.717) is 23.9 Å². The van der Waals surface area contributed by atoms with E-state index in [9.17, 15) is 9.59 Å². The van der Waals surface area contributed by atoms with Gasteiger partial charge in [0.15, 0.2) is 4.96 Å². The quantitative estimate of drug-likeness (QED) is 0.672. The Morgan fingerprint density at radius 2 is 2.00 bits per heavy atom. The SMILES string of the molecule is COc1ccc(OCCN(C)C(=O)c2cnc3sccn3c2=O)cc1. The van der Waals surface area contributed by atoms with Crippen molar-refractivity contribution in [3.05, 3.63) is 58.0 Å². The first-order chi connectivity index (χ1) is 12.1. The molecule has 2 aromatic heterocycles. The molecule has 2 heterocycles. The van der Waals surface area contributed by atoms with Gasteiger partial charge in [-0.25, -0.2) is 4.98 Å². The van der Waals surface area contributed by atoms with Crippen LogP contribution in [0, 0.1) is 0 Å². The van der Waals surface area contributed by atoms with Crippen LogP contribution in [0.15, 0.2) is 46.8 Å². The van der Waals surface area contributed by atoms with E-state index in [-0.39, 0.29) is 17.0 Å². The summed E-state index contributed by atoms with van der Waals surface area (Å²) in [5, 5.41) is 1.75. The Hall–Kier alpha value is -2.87. The van der Waals surface area contributed by atoms with Crippen molar-refractivity contribution in [2.45, 2.75) is 0 Å². The Kier molecular flexibility index (Phi) is 4.99. The molecule has 0 saturated heterocycles. The Morgan fingerprint density at radius 1 is 1.28 bits per heavy atom. The van der Waals surface area contributed by atoms with Crippen molar-refractivity contribution in [3.8, 4) is 11.5 Å². The predicted octanol–water partition coefficient (Wildman–Crippen LogP) is 1.92. The highest BCUT2D eigenvalue weighted by molar-refractivity contribution is 7.15. The van der Waals surface area contributed by atoms with Gasteiger partial charge in [0.25, 0.3) is 11.5 Å². The van der Waals surface area contributed by atoms with Crippen LogP contribution in [-0.4, -0.2) is 47.5 Å². The van der Waals surface area contributed by atoms with Crippen molar-refractivity contribution in [3.63, 3.8) is 0 Å². The van der Waals surface area contributed by atoms with Gasteiger partial charge in [-0.3, -0.25) is 14.0 Å². The minimum absolute atomic E-state index is 0.0443. The molecule has 3 rings (SSSR count). The maximum atomic E-state index is 12.5. The van der Waals surface area contributed by atoms with Crippen LogP contribution in [0.25, 0.3) is 4.96 Å². The smallest absolute Gasteiger partial charge is 0.271 e. The summed E-state index contributed by atoms with van der Waals surface area (Å²) in [4.78, 5) is 30.9. The number of fused-ring (bicyclic) bond motifs is 1. The number of nitrogens with zero attached hydrogens (tertiary/aromatic N) is 3. The van der Waals surface area contributed by atoms with Crippen LogP contribution < -0.4 is 15.0 Å². The minimum Gasteiger partial charge on any atom is -0.497 e. The molecule has 0 radical (unpaired) electrons. The maximum absolute atomic E-state index is 12.5. The van der Waals surface area contributed by atoms with E-state index in [1.807, 2.05) is 0 Å². The molecule has 0 N–H and O–H groups in total. The van der Waals surface area contributed by atoms with Gasteiger partial charge in [0.05, 0.1) is 13.7 Å².